The second-order valence-electron chi connectivity index (χ2n) is 4.19. The van der Waals surface area contributed by atoms with Crippen LogP contribution in [0.4, 0.5) is 0 Å². The van der Waals surface area contributed by atoms with Gasteiger partial charge in [0.15, 0.2) is 0 Å². The van der Waals surface area contributed by atoms with Crippen molar-refractivity contribution < 1.29 is 0 Å². The molecule has 0 bridgehead atoms. The molecular formula is C12H21NS. The summed E-state index contributed by atoms with van der Waals surface area (Å²) in [5.74, 6) is 0.770. The lowest BCUT2D eigenvalue weighted by atomic mass is 10.1. The van der Waals surface area contributed by atoms with Crippen molar-refractivity contribution in [3.63, 3.8) is 0 Å². The Morgan fingerprint density at radius 3 is 2.86 bits per heavy atom. The quantitative estimate of drug-likeness (QED) is 0.682. The summed E-state index contributed by atoms with van der Waals surface area (Å²) in [6.45, 7) is 6.82. The van der Waals surface area contributed by atoms with Crippen LogP contribution in [0.15, 0.2) is 16.8 Å². The van der Waals surface area contributed by atoms with Gasteiger partial charge in [-0.15, -0.1) is 0 Å². The van der Waals surface area contributed by atoms with Crippen molar-refractivity contribution in [3.05, 3.63) is 22.4 Å². The third kappa shape index (κ3) is 5.40. The molecule has 80 valence electrons. The summed E-state index contributed by atoms with van der Waals surface area (Å²) in [4.78, 5) is 0. The first-order chi connectivity index (χ1) is 6.79. The molecule has 2 heteroatoms. The van der Waals surface area contributed by atoms with Crippen LogP contribution < -0.4 is 5.32 Å². The summed E-state index contributed by atoms with van der Waals surface area (Å²) in [6, 6.07) is 2.23. The highest BCUT2D eigenvalue weighted by Gasteiger charge is 1.94. The van der Waals surface area contributed by atoms with Crippen molar-refractivity contribution in [2.45, 2.75) is 33.1 Å². The Morgan fingerprint density at radius 1 is 1.36 bits per heavy atom. The fourth-order valence-electron chi connectivity index (χ4n) is 1.40. The highest BCUT2D eigenvalue weighted by Crippen LogP contribution is 2.09. The lowest BCUT2D eigenvalue weighted by Crippen LogP contribution is -2.20. The van der Waals surface area contributed by atoms with Gasteiger partial charge in [-0.25, -0.2) is 0 Å². The molecule has 1 N–H and O–H groups in total. The van der Waals surface area contributed by atoms with Gasteiger partial charge in [0, 0.05) is 0 Å². The minimum Gasteiger partial charge on any atom is -0.316 e. The topological polar surface area (TPSA) is 12.0 Å². The summed E-state index contributed by atoms with van der Waals surface area (Å²) < 4.78 is 0. The minimum atomic E-state index is 0.770. The van der Waals surface area contributed by atoms with E-state index in [4.69, 9.17) is 0 Å². The van der Waals surface area contributed by atoms with Gasteiger partial charge in [-0.1, -0.05) is 13.8 Å². The van der Waals surface area contributed by atoms with Crippen LogP contribution >= 0.6 is 11.3 Å². The Bertz CT molecular complexity index is 216. The van der Waals surface area contributed by atoms with E-state index in [0.29, 0.717) is 0 Å². The average Bonchev–Trinajstić information content (AvgIpc) is 2.63. The van der Waals surface area contributed by atoms with Crippen molar-refractivity contribution in [1.82, 2.24) is 5.32 Å². The van der Waals surface area contributed by atoms with Crippen LogP contribution in [0.25, 0.3) is 0 Å². The first-order valence-electron chi connectivity index (χ1n) is 5.51. The number of hydrogen-bond acceptors (Lipinski definition) is 2. The number of hydrogen-bond donors (Lipinski definition) is 1. The van der Waals surface area contributed by atoms with Gasteiger partial charge >= 0.3 is 0 Å². The van der Waals surface area contributed by atoms with Crippen LogP contribution in [0.2, 0.25) is 0 Å². The van der Waals surface area contributed by atoms with Gasteiger partial charge in [0.05, 0.1) is 0 Å². The molecule has 1 heterocycles. The molecule has 1 rings (SSSR count). The zero-order valence-corrected chi connectivity index (χ0v) is 10.1. The molecule has 1 nitrogen and oxygen atoms in total. The lowest BCUT2D eigenvalue weighted by Gasteiger charge is -2.06. The normalized spacial score (nSPS) is 11.1. The number of rotatable bonds is 7. The smallest absolute Gasteiger partial charge is 0.00258 e. The third-order valence-corrected chi connectivity index (χ3v) is 2.93. The molecule has 0 spiro atoms. The molecule has 0 aliphatic heterocycles. The minimum absolute atomic E-state index is 0.770. The summed E-state index contributed by atoms with van der Waals surface area (Å²) in [5, 5.41) is 7.88. The van der Waals surface area contributed by atoms with Crippen LogP contribution in [-0.4, -0.2) is 13.1 Å². The Kier molecular flexibility index (Phi) is 5.88. The molecule has 0 aliphatic carbocycles. The van der Waals surface area contributed by atoms with E-state index in [2.05, 4.69) is 36.0 Å². The molecule has 0 radical (unpaired) electrons. The molecule has 1 aromatic rings. The number of unbranched alkanes of at least 4 members (excludes halogenated alkanes) is 1. The van der Waals surface area contributed by atoms with Gasteiger partial charge in [0.25, 0.3) is 0 Å². The fraction of sp³-hybridized carbons (Fsp3) is 0.667. The predicted octanol–water partition coefficient (Wildman–Crippen LogP) is 3.32. The molecule has 14 heavy (non-hydrogen) atoms. The molecule has 0 saturated carbocycles. The fourth-order valence-corrected chi connectivity index (χ4v) is 2.11. The van der Waals surface area contributed by atoms with E-state index < -0.39 is 0 Å². The first kappa shape index (κ1) is 11.7. The van der Waals surface area contributed by atoms with Gasteiger partial charge in [-0.05, 0) is 60.7 Å². The summed E-state index contributed by atoms with van der Waals surface area (Å²) in [6.07, 6.45) is 3.84. The summed E-state index contributed by atoms with van der Waals surface area (Å²) >= 11 is 1.80. The van der Waals surface area contributed by atoms with Crippen LogP contribution in [0.5, 0.6) is 0 Å². The van der Waals surface area contributed by atoms with Gasteiger partial charge in [-0.2, -0.15) is 11.3 Å². The van der Waals surface area contributed by atoms with Gasteiger partial charge < -0.3 is 5.32 Å². The average molecular weight is 211 g/mol. The number of thiophene rings is 1. The molecular weight excluding hydrogens is 190 g/mol. The maximum absolute atomic E-state index is 3.47. The van der Waals surface area contributed by atoms with Gasteiger partial charge in [0.1, 0.15) is 0 Å². The molecule has 1 aromatic heterocycles. The van der Waals surface area contributed by atoms with E-state index in [-0.39, 0.29) is 0 Å². The van der Waals surface area contributed by atoms with Crippen molar-refractivity contribution in [2.24, 2.45) is 5.92 Å². The Balaban J connectivity index is 1.90. The summed E-state index contributed by atoms with van der Waals surface area (Å²) in [5.41, 5.74) is 1.50. The SMILES string of the molecule is CC(C)CNCCCCc1ccsc1. The van der Waals surface area contributed by atoms with E-state index in [0.717, 1.165) is 12.5 Å². The number of aryl methyl sites for hydroxylation is 1. The number of nitrogens with one attached hydrogen (secondary N) is 1. The van der Waals surface area contributed by atoms with Crippen molar-refractivity contribution in [1.29, 1.82) is 0 Å². The zero-order chi connectivity index (χ0) is 10.2. The first-order valence-corrected chi connectivity index (χ1v) is 6.45. The van der Waals surface area contributed by atoms with E-state index in [1.54, 1.807) is 11.3 Å². The van der Waals surface area contributed by atoms with Gasteiger partial charge in [0.2, 0.25) is 0 Å². The standard InChI is InChI=1S/C12H21NS/c1-11(2)9-13-7-4-3-5-12-6-8-14-10-12/h6,8,10-11,13H,3-5,7,9H2,1-2H3. The van der Waals surface area contributed by atoms with Gasteiger partial charge in [-0.3, -0.25) is 0 Å². The maximum atomic E-state index is 3.47. The van der Waals surface area contributed by atoms with E-state index >= 15 is 0 Å². The van der Waals surface area contributed by atoms with E-state index in [1.165, 1.54) is 31.4 Å². The summed E-state index contributed by atoms with van der Waals surface area (Å²) in [7, 11) is 0. The predicted molar refractivity (Wildman–Crippen MR) is 65.0 cm³/mol. The second-order valence-corrected chi connectivity index (χ2v) is 4.97. The molecule has 0 fully saturated rings. The monoisotopic (exact) mass is 211 g/mol. The Morgan fingerprint density at radius 2 is 2.21 bits per heavy atom. The van der Waals surface area contributed by atoms with Crippen molar-refractivity contribution in [3.8, 4) is 0 Å². The van der Waals surface area contributed by atoms with E-state index in [9.17, 15) is 0 Å². The van der Waals surface area contributed by atoms with Crippen LogP contribution in [0, 0.1) is 5.92 Å². The Hall–Kier alpha value is -0.340. The van der Waals surface area contributed by atoms with Crippen LogP contribution in [0.1, 0.15) is 32.3 Å². The van der Waals surface area contributed by atoms with E-state index in [1.807, 2.05) is 0 Å². The lowest BCUT2D eigenvalue weighted by molar-refractivity contribution is 0.535. The van der Waals surface area contributed by atoms with Crippen LogP contribution in [-0.2, 0) is 6.42 Å². The third-order valence-electron chi connectivity index (χ3n) is 2.20. The highest BCUT2D eigenvalue weighted by molar-refractivity contribution is 7.07. The maximum Gasteiger partial charge on any atom is -0.00258 e. The van der Waals surface area contributed by atoms with Crippen molar-refractivity contribution >= 4 is 11.3 Å². The Labute approximate surface area is 91.5 Å². The molecule has 0 aromatic carbocycles. The highest BCUT2D eigenvalue weighted by atomic mass is 32.1. The molecule has 0 atom stereocenters. The molecule has 0 unspecified atom stereocenters. The largest absolute Gasteiger partial charge is 0.316 e. The van der Waals surface area contributed by atoms with Crippen molar-refractivity contribution in [2.75, 3.05) is 13.1 Å². The molecule has 0 aliphatic rings. The molecule has 0 amide bonds. The second kappa shape index (κ2) is 7.02. The molecule has 0 saturated heterocycles. The zero-order valence-electron chi connectivity index (χ0n) is 9.25. The van der Waals surface area contributed by atoms with Crippen LogP contribution in [0.3, 0.4) is 0 Å².